The van der Waals surface area contributed by atoms with Crippen molar-refractivity contribution in [1.82, 2.24) is 10.2 Å². The molecule has 0 atom stereocenters. The molecule has 162 valence electrons. The summed E-state index contributed by atoms with van der Waals surface area (Å²) in [5.74, 6) is -0.470. The number of likely N-dealkylation sites (tertiary alicyclic amines) is 1. The molecular formula is C20H30N2O7. The first-order chi connectivity index (χ1) is 13.5. The molecule has 2 amide bonds. The molecule has 0 aromatic carbocycles. The van der Waals surface area contributed by atoms with Gasteiger partial charge >= 0.3 is 6.09 Å². The summed E-state index contributed by atoms with van der Waals surface area (Å²) in [6.07, 6.45) is 0.109. The third kappa shape index (κ3) is 5.72. The number of carbonyl (C=O) groups excluding carboxylic acids is 2. The van der Waals surface area contributed by atoms with E-state index in [9.17, 15) is 19.5 Å². The lowest BCUT2D eigenvalue weighted by Gasteiger charge is -2.41. The Balaban J connectivity index is 2.30. The lowest BCUT2D eigenvalue weighted by Crippen LogP contribution is -2.48. The summed E-state index contributed by atoms with van der Waals surface area (Å²) in [4.78, 5) is 38.4. The number of aryl methyl sites for hydroxylation is 1. The van der Waals surface area contributed by atoms with Gasteiger partial charge in [0, 0.05) is 37.5 Å². The highest BCUT2D eigenvalue weighted by Gasteiger charge is 2.44. The predicted molar refractivity (Wildman–Crippen MR) is 105 cm³/mol. The molecule has 0 bridgehead atoms. The molecule has 1 aliphatic heterocycles. The van der Waals surface area contributed by atoms with Crippen LogP contribution in [0.3, 0.4) is 0 Å². The molecule has 1 aromatic heterocycles. The van der Waals surface area contributed by atoms with E-state index >= 15 is 0 Å². The Morgan fingerprint density at radius 1 is 1.31 bits per heavy atom. The van der Waals surface area contributed by atoms with Crippen LogP contribution in [0.15, 0.2) is 15.3 Å². The van der Waals surface area contributed by atoms with Crippen LogP contribution >= 0.6 is 0 Å². The molecular weight excluding hydrogens is 380 g/mol. The molecule has 2 heterocycles. The molecule has 2 rings (SSSR count). The Hall–Kier alpha value is -2.55. The van der Waals surface area contributed by atoms with Crippen LogP contribution in [-0.4, -0.2) is 59.0 Å². The number of aromatic hydroxyl groups is 1. The van der Waals surface area contributed by atoms with Crippen LogP contribution in [0.25, 0.3) is 0 Å². The van der Waals surface area contributed by atoms with E-state index in [1.165, 1.54) is 6.07 Å². The minimum absolute atomic E-state index is 0.0465. The van der Waals surface area contributed by atoms with Gasteiger partial charge in [-0.05, 0) is 40.5 Å². The Morgan fingerprint density at radius 2 is 1.93 bits per heavy atom. The van der Waals surface area contributed by atoms with E-state index < -0.39 is 28.3 Å². The van der Waals surface area contributed by atoms with Crippen LogP contribution in [0.4, 0.5) is 4.79 Å². The molecule has 1 fully saturated rings. The van der Waals surface area contributed by atoms with Gasteiger partial charge in [0.25, 0.3) is 0 Å². The molecule has 9 heteroatoms. The average Bonchev–Trinajstić information content (AvgIpc) is 2.62. The van der Waals surface area contributed by atoms with Crippen molar-refractivity contribution < 1.29 is 29.0 Å². The number of amides is 2. The molecule has 0 aliphatic carbocycles. The van der Waals surface area contributed by atoms with Gasteiger partial charge in [0.2, 0.25) is 17.1 Å². The highest BCUT2D eigenvalue weighted by molar-refractivity contribution is 5.78. The fraction of sp³-hybridized carbons (Fsp3) is 0.650. The second-order valence-corrected chi connectivity index (χ2v) is 8.40. The molecule has 1 saturated heterocycles. The summed E-state index contributed by atoms with van der Waals surface area (Å²) >= 11 is 0. The third-order valence-corrected chi connectivity index (χ3v) is 4.83. The number of hydrogen-bond acceptors (Lipinski definition) is 7. The Kier molecular flexibility index (Phi) is 6.94. The molecule has 0 saturated carbocycles. The average molecular weight is 410 g/mol. The maximum atomic E-state index is 12.4. The van der Waals surface area contributed by atoms with Gasteiger partial charge < -0.3 is 29.6 Å². The fourth-order valence-electron chi connectivity index (χ4n) is 3.46. The highest BCUT2D eigenvalue weighted by Crippen LogP contribution is 2.42. The van der Waals surface area contributed by atoms with Gasteiger partial charge in [-0.2, -0.15) is 0 Å². The van der Waals surface area contributed by atoms with Gasteiger partial charge in [0.05, 0.1) is 6.61 Å². The van der Waals surface area contributed by atoms with Crippen LogP contribution in [0.5, 0.6) is 5.75 Å². The van der Waals surface area contributed by atoms with Crippen molar-refractivity contribution >= 4 is 12.0 Å². The number of hydrogen-bond donors (Lipinski definition) is 3. The normalized spacial score (nSPS) is 16.4. The first-order valence-corrected chi connectivity index (χ1v) is 9.67. The first kappa shape index (κ1) is 22.7. The molecule has 9 nitrogen and oxygen atoms in total. The van der Waals surface area contributed by atoms with Gasteiger partial charge in [-0.25, -0.2) is 4.79 Å². The summed E-state index contributed by atoms with van der Waals surface area (Å²) < 4.78 is 11.1. The number of rotatable bonds is 5. The monoisotopic (exact) mass is 410 g/mol. The SMILES string of the molecule is Cc1cc(=O)c(O)c(C2(CC(=O)NCCO)CCN(C(=O)OC(C)(C)C)CC2)o1. The van der Waals surface area contributed by atoms with Crippen LogP contribution in [0, 0.1) is 6.92 Å². The summed E-state index contributed by atoms with van der Waals surface area (Å²) in [6, 6.07) is 1.19. The number of nitrogens with zero attached hydrogens (tertiary/aromatic N) is 1. The van der Waals surface area contributed by atoms with Crippen LogP contribution < -0.4 is 10.7 Å². The zero-order chi connectivity index (χ0) is 21.8. The van der Waals surface area contributed by atoms with E-state index in [1.807, 2.05) is 0 Å². The van der Waals surface area contributed by atoms with Gasteiger partial charge in [0.1, 0.15) is 11.4 Å². The van der Waals surface area contributed by atoms with Crippen molar-refractivity contribution in [3.05, 3.63) is 27.8 Å². The number of aliphatic hydroxyl groups excluding tert-OH is 1. The smallest absolute Gasteiger partial charge is 0.410 e. The van der Waals surface area contributed by atoms with E-state index in [1.54, 1.807) is 32.6 Å². The van der Waals surface area contributed by atoms with E-state index in [-0.39, 0.29) is 44.3 Å². The lowest BCUT2D eigenvalue weighted by atomic mass is 9.73. The number of ether oxygens (including phenoxy) is 1. The first-order valence-electron chi connectivity index (χ1n) is 9.67. The van der Waals surface area contributed by atoms with Gasteiger partial charge in [-0.15, -0.1) is 0 Å². The molecule has 29 heavy (non-hydrogen) atoms. The second kappa shape index (κ2) is 8.86. The van der Waals surface area contributed by atoms with Gasteiger partial charge in [0.15, 0.2) is 5.76 Å². The highest BCUT2D eigenvalue weighted by atomic mass is 16.6. The van der Waals surface area contributed by atoms with E-state index in [2.05, 4.69) is 5.32 Å². The number of aliphatic hydroxyl groups is 1. The van der Waals surface area contributed by atoms with Gasteiger partial charge in [-0.3, -0.25) is 9.59 Å². The van der Waals surface area contributed by atoms with Crippen LogP contribution in [0.1, 0.15) is 51.6 Å². The Morgan fingerprint density at radius 3 is 2.48 bits per heavy atom. The molecule has 0 spiro atoms. The minimum Gasteiger partial charge on any atom is -0.502 e. The standard InChI is InChI=1S/C20H30N2O7/c1-13-11-14(24)16(26)17(28-13)20(12-15(25)21-7-10-23)5-8-22(9-6-20)18(27)29-19(2,3)4/h11,23,26H,5-10,12H2,1-4H3,(H,21,25). The van der Waals surface area contributed by atoms with Crippen molar-refractivity contribution in [2.75, 3.05) is 26.2 Å². The maximum Gasteiger partial charge on any atom is 0.410 e. The summed E-state index contributed by atoms with van der Waals surface area (Å²) in [7, 11) is 0. The number of nitrogens with one attached hydrogen (secondary N) is 1. The number of piperidine rings is 1. The van der Waals surface area contributed by atoms with Gasteiger partial charge in [-0.1, -0.05) is 0 Å². The van der Waals surface area contributed by atoms with Crippen LogP contribution in [0.2, 0.25) is 0 Å². The summed E-state index contributed by atoms with van der Waals surface area (Å²) in [6.45, 7) is 7.40. The quantitative estimate of drug-likeness (QED) is 0.669. The van der Waals surface area contributed by atoms with E-state index in [4.69, 9.17) is 14.3 Å². The zero-order valence-corrected chi connectivity index (χ0v) is 17.4. The van der Waals surface area contributed by atoms with Crippen molar-refractivity contribution in [3.63, 3.8) is 0 Å². The molecule has 1 aliphatic rings. The van der Waals surface area contributed by atoms with Crippen molar-refractivity contribution in [2.45, 2.75) is 58.0 Å². The molecule has 1 aromatic rings. The Bertz CT molecular complexity index is 802. The third-order valence-electron chi connectivity index (χ3n) is 4.83. The summed E-state index contributed by atoms with van der Waals surface area (Å²) in [5, 5.41) is 21.9. The topological polar surface area (TPSA) is 129 Å². The fourth-order valence-corrected chi connectivity index (χ4v) is 3.46. The Labute approximate surface area is 169 Å². The van der Waals surface area contributed by atoms with Crippen molar-refractivity contribution in [2.24, 2.45) is 0 Å². The molecule has 3 N–H and O–H groups in total. The summed E-state index contributed by atoms with van der Waals surface area (Å²) in [5.41, 5.74) is -2.15. The zero-order valence-electron chi connectivity index (χ0n) is 17.4. The number of carbonyl (C=O) groups is 2. The lowest BCUT2D eigenvalue weighted by molar-refractivity contribution is -0.123. The van der Waals surface area contributed by atoms with E-state index in [0.29, 0.717) is 18.6 Å². The molecule has 0 radical (unpaired) electrons. The maximum absolute atomic E-state index is 12.4. The van der Waals surface area contributed by atoms with Crippen LogP contribution in [-0.2, 0) is 14.9 Å². The molecule has 0 unspecified atom stereocenters. The van der Waals surface area contributed by atoms with Crippen molar-refractivity contribution in [1.29, 1.82) is 0 Å². The van der Waals surface area contributed by atoms with Crippen molar-refractivity contribution in [3.8, 4) is 5.75 Å². The predicted octanol–water partition coefficient (Wildman–Crippen LogP) is 1.42. The largest absolute Gasteiger partial charge is 0.502 e. The second-order valence-electron chi connectivity index (χ2n) is 8.40. The van der Waals surface area contributed by atoms with E-state index in [0.717, 1.165) is 0 Å². The minimum atomic E-state index is -0.951.